The second-order valence-electron chi connectivity index (χ2n) is 5.08. The smallest absolute Gasteiger partial charge is 0.265 e. The Morgan fingerprint density at radius 1 is 1.08 bits per heavy atom. The van der Waals surface area contributed by atoms with Crippen LogP contribution >= 0.6 is 15.9 Å². The third-order valence-electron chi connectivity index (χ3n) is 3.04. The van der Waals surface area contributed by atoms with E-state index in [1.54, 1.807) is 30.3 Å². The fraction of sp³-hybridized carbons (Fsp3) is 0.176. The third kappa shape index (κ3) is 5.06. The Morgan fingerprint density at radius 2 is 1.67 bits per heavy atom. The highest BCUT2D eigenvalue weighted by Gasteiger charge is 2.17. The molecule has 0 aliphatic carbocycles. The number of carbonyl (C=O) groups excluding carboxylic acids is 2. The van der Waals surface area contributed by atoms with Crippen molar-refractivity contribution in [2.45, 2.75) is 20.0 Å². The molecule has 0 aliphatic rings. The Balaban J connectivity index is 1.97. The van der Waals surface area contributed by atoms with Gasteiger partial charge in [-0.1, -0.05) is 15.9 Å². The summed E-state index contributed by atoms with van der Waals surface area (Å²) in [6, 6.07) is 11.0. The molecule has 24 heavy (non-hydrogen) atoms. The summed E-state index contributed by atoms with van der Waals surface area (Å²) in [6.45, 7) is 2.94. The zero-order valence-corrected chi connectivity index (χ0v) is 14.7. The molecule has 126 valence electrons. The molecule has 1 unspecified atom stereocenters. The first-order valence-corrected chi connectivity index (χ1v) is 7.94. The van der Waals surface area contributed by atoms with Gasteiger partial charge in [-0.25, -0.2) is 4.39 Å². The quantitative estimate of drug-likeness (QED) is 0.806. The van der Waals surface area contributed by atoms with Crippen molar-refractivity contribution < 1.29 is 18.7 Å². The van der Waals surface area contributed by atoms with E-state index in [9.17, 15) is 14.0 Å². The van der Waals surface area contributed by atoms with Gasteiger partial charge in [-0.05, 0) is 49.4 Å². The van der Waals surface area contributed by atoms with E-state index in [4.69, 9.17) is 4.74 Å². The predicted molar refractivity (Wildman–Crippen MR) is 93.6 cm³/mol. The Morgan fingerprint density at radius 3 is 2.21 bits per heavy atom. The number of hydrogen-bond donors (Lipinski definition) is 2. The molecule has 2 aromatic rings. The van der Waals surface area contributed by atoms with Crippen LogP contribution in [0.4, 0.5) is 15.8 Å². The van der Waals surface area contributed by atoms with E-state index in [2.05, 4.69) is 26.6 Å². The fourth-order valence-corrected chi connectivity index (χ4v) is 2.23. The standard InChI is InChI=1S/C17H16BrFN2O3/c1-10(24-16-8-3-12(18)9-15(16)19)17(23)21-14-6-4-13(5-7-14)20-11(2)22/h3-10H,1-2H3,(H,20,22)(H,21,23). The summed E-state index contributed by atoms with van der Waals surface area (Å²) >= 11 is 3.16. The number of ether oxygens (including phenoxy) is 1. The summed E-state index contributed by atoms with van der Waals surface area (Å²) in [5.74, 6) is -1.14. The van der Waals surface area contributed by atoms with E-state index in [1.807, 2.05) is 0 Å². The van der Waals surface area contributed by atoms with Gasteiger partial charge in [0.05, 0.1) is 0 Å². The highest BCUT2D eigenvalue weighted by molar-refractivity contribution is 9.10. The number of benzene rings is 2. The molecule has 0 radical (unpaired) electrons. The zero-order valence-electron chi connectivity index (χ0n) is 13.1. The van der Waals surface area contributed by atoms with Crippen molar-refractivity contribution in [3.05, 3.63) is 52.8 Å². The second kappa shape index (κ2) is 7.92. The Bertz CT molecular complexity index is 750. The second-order valence-corrected chi connectivity index (χ2v) is 6.00. The highest BCUT2D eigenvalue weighted by Crippen LogP contribution is 2.23. The van der Waals surface area contributed by atoms with Crippen LogP contribution in [0.3, 0.4) is 0 Å². The van der Waals surface area contributed by atoms with Crippen molar-refractivity contribution in [1.29, 1.82) is 0 Å². The minimum atomic E-state index is -0.879. The van der Waals surface area contributed by atoms with E-state index >= 15 is 0 Å². The van der Waals surface area contributed by atoms with Crippen molar-refractivity contribution in [2.75, 3.05) is 10.6 Å². The predicted octanol–water partition coefficient (Wildman–Crippen LogP) is 3.95. The van der Waals surface area contributed by atoms with Crippen molar-refractivity contribution in [2.24, 2.45) is 0 Å². The molecule has 0 spiro atoms. The normalized spacial score (nSPS) is 11.5. The maximum absolute atomic E-state index is 13.7. The fourth-order valence-electron chi connectivity index (χ4n) is 1.90. The lowest BCUT2D eigenvalue weighted by Crippen LogP contribution is -2.30. The molecule has 1 atom stereocenters. The van der Waals surface area contributed by atoms with E-state index in [0.717, 1.165) is 0 Å². The Labute approximate surface area is 147 Å². The summed E-state index contributed by atoms with van der Waals surface area (Å²) in [4.78, 5) is 23.1. The molecular formula is C17H16BrFN2O3. The molecule has 2 N–H and O–H groups in total. The van der Waals surface area contributed by atoms with Gasteiger partial charge in [0.1, 0.15) is 0 Å². The lowest BCUT2D eigenvalue weighted by atomic mass is 10.2. The number of rotatable bonds is 5. The molecule has 7 heteroatoms. The van der Waals surface area contributed by atoms with Crippen LogP contribution < -0.4 is 15.4 Å². The van der Waals surface area contributed by atoms with Crippen molar-refractivity contribution in [3.8, 4) is 5.75 Å². The molecule has 2 rings (SSSR count). The average Bonchev–Trinajstić information content (AvgIpc) is 2.51. The number of amides is 2. The summed E-state index contributed by atoms with van der Waals surface area (Å²) < 4.78 is 19.7. The molecule has 0 saturated heterocycles. The molecule has 0 fully saturated rings. The zero-order chi connectivity index (χ0) is 17.7. The first-order chi connectivity index (χ1) is 11.3. The van der Waals surface area contributed by atoms with E-state index in [1.165, 1.54) is 26.0 Å². The van der Waals surface area contributed by atoms with Gasteiger partial charge >= 0.3 is 0 Å². The van der Waals surface area contributed by atoms with Gasteiger partial charge in [-0.15, -0.1) is 0 Å². The number of anilines is 2. The van der Waals surface area contributed by atoms with Crippen LogP contribution in [0.1, 0.15) is 13.8 Å². The van der Waals surface area contributed by atoms with Crippen molar-refractivity contribution in [1.82, 2.24) is 0 Å². The van der Waals surface area contributed by atoms with Crippen LogP contribution in [0.2, 0.25) is 0 Å². The van der Waals surface area contributed by atoms with E-state index in [-0.39, 0.29) is 11.7 Å². The van der Waals surface area contributed by atoms with Gasteiger partial charge < -0.3 is 15.4 Å². The van der Waals surface area contributed by atoms with Gasteiger partial charge in [-0.2, -0.15) is 0 Å². The van der Waals surface area contributed by atoms with Gasteiger partial charge in [-0.3, -0.25) is 9.59 Å². The SMILES string of the molecule is CC(=O)Nc1ccc(NC(=O)C(C)Oc2ccc(Br)cc2F)cc1. The third-order valence-corrected chi connectivity index (χ3v) is 3.53. The van der Waals surface area contributed by atoms with Gasteiger partial charge in [0.25, 0.3) is 5.91 Å². The minimum absolute atomic E-state index is 0.00172. The largest absolute Gasteiger partial charge is 0.478 e. The highest BCUT2D eigenvalue weighted by atomic mass is 79.9. The van der Waals surface area contributed by atoms with E-state index in [0.29, 0.717) is 15.8 Å². The molecule has 2 amide bonds. The molecule has 5 nitrogen and oxygen atoms in total. The van der Waals surface area contributed by atoms with Gasteiger partial charge in [0.2, 0.25) is 5.91 Å². The molecule has 0 aromatic heterocycles. The van der Waals surface area contributed by atoms with Crippen LogP contribution in [0, 0.1) is 5.82 Å². The van der Waals surface area contributed by atoms with Gasteiger partial charge in [0.15, 0.2) is 17.7 Å². The molecule has 0 aliphatic heterocycles. The number of halogens is 2. The Hall–Kier alpha value is -2.41. The lowest BCUT2D eigenvalue weighted by Gasteiger charge is -2.15. The topological polar surface area (TPSA) is 67.4 Å². The van der Waals surface area contributed by atoms with Crippen LogP contribution in [0.5, 0.6) is 5.75 Å². The van der Waals surface area contributed by atoms with Crippen molar-refractivity contribution in [3.63, 3.8) is 0 Å². The first-order valence-electron chi connectivity index (χ1n) is 7.15. The number of carbonyl (C=O) groups is 2. The summed E-state index contributed by atoms with van der Waals surface area (Å²) in [5, 5.41) is 5.29. The number of hydrogen-bond acceptors (Lipinski definition) is 3. The minimum Gasteiger partial charge on any atom is -0.478 e. The van der Waals surface area contributed by atoms with Crippen LogP contribution in [-0.2, 0) is 9.59 Å². The van der Waals surface area contributed by atoms with Crippen LogP contribution in [0.25, 0.3) is 0 Å². The van der Waals surface area contributed by atoms with Crippen LogP contribution in [0.15, 0.2) is 46.9 Å². The number of nitrogens with one attached hydrogen (secondary N) is 2. The summed E-state index contributed by atoms with van der Waals surface area (Å²) in [6.07, 6.45) is -0.879. The summed E-state index contributed by atoms with van der Waals surface area (Å²) in [7, 11) is 0. The van der Waals surface area contributed by atoms with Gasteiger partial charge in [0, 0.05) is 22.8 Å². The molecule has 0 heterocycles. The lowest BCUT2D eigenvalue weighted by molar-refractivity contribution is -0.122. The van der Waals surface area contributed by atoms with Crippen molar-refractivity contribution >= 4 is 39.1 Å². The van der Waals surface area contributed by atoms with E-state index < -0.39 is 17.8 Å². The Kier molecular flexibility index (Phi) is 5.92. The molecule has 2 aromatic carbocycles. The molecular weight excluding hydrogens is 379 g/mol. The van der Waals surface area contributed by atoms with Crippen LogP contribution in [-0.4, -0.2) is 17.9 Å². The maximum atomic E-state index is 13.7. The molecule has 0 bridgehead atoms. The molecule has 0 saturated carbocycles. The monoisotopic (exact) mass is 394 g/mol. The first kappa shape index (κ1) is 17.9. The average molecular weight is 395 g/mol. The maximum Gasteiger partial charge on any atom is 0.265 e. The summed E-state index contributed by atoms with van der Waals surface area (Å²) in [5.41, 5.74) is 1.17.